The van der Waals surface area contributed by atoms with Gasteiger partial charge in [0.15, 0.2) is 0 Å². The molecule has 0 saturated carbocycles. The maximum absolute atomic E-state index is 9.65. The Morgan fingerprint density at radius 2 is 1.92 bits per heavy atom. The SMILES string of the molecule is C1CSSC1.CCCCC(=O)[O-].[Na+]. The third kappa shape index (κ3) is 15.9. The first-order valence-corrected chi connectivity index (χ1v) is 6.70. The molecule has 0 aromatic heterocycles. The molecule has 1 saturated heterocycles. The van der Waals surface area contributed by atoms with Gasteiger partial charge >= 0.3 is 29.6 Å². The molecule has 1 aliphatic heterocycles. The van der Waals surface area contributed by atoms with Crippen molar-refractivity contribution >= 4 is 27.6 Å². The number of hydrogen-bond donors (Lipinski definition) is 0. The first kappa shape index (κ1) is 16.6. The standard InChI is InChI=1S/C5H10O2.C3H6S2.Na/c1-2-3-4-5(6)7;1-2-4-5-3-1;/h2-4H2,1H3,(H,6,7);1-3H2;/q;;+1/p-1. The van der Waals surface area contributed by atoms with Gasteiger partial charge in [-0.05, 0) is 19.3 Å². The second-order valence-corrected chi connectivity index (χ2v) is 5.18. The molecule has 0 radical (unpaired) electrons. The van der Waals surface area contributed by atoms with E-state index in [4.69, 9.17) is 0 Å². The zero-order valence-corrected chi connectivity index (χ0v) is 12.0. The molecular formula is C8H15NaO2S2. The van der Waals surface area contributed by atoms with E-state index in [2.05, 4.69) is 0 Å². The summed E-state index contributed by atoms with van der Waals surface area (Å²) in [6.07, 6.45) is 3.29. The molecule has 0 atom stereocenters. The van der Waals surface area contributed by atoms with Crippen molar-refractivity contribution in [1.82, 2.24) is 0 Å². The van der Waals surface area contributed by atoms with Gasteiger partial charge in [-0.15, -0.1) is 0 Å². The number of unbranched alkanes of at least 4 members (excludes halogenated alkanes) is 1. The minimum Gasteiger partial charge on any atom is -0.550 e. The molecule has 1 rings (SSSR count). The van der Waals surface area contributed by atoms with Crippen LogP contribution in [0.2, 0.25) is 0 Å². The van der Waals surface area contributed by atoms with Gasteiger partial charge in [0.25, 0.3) is 0 Å². The number of hydrogen-bond acceptors (Lipinski definition) is 4. The average Bonchev–Trinajstić information content (AvgIpc) is 2.57. The Morgan fingerprint density at radius 1 is 1.38 bits per heavy atom. The fraction of sp³-hybridized carbons (Fsp3) is 0.875. The van der Waals surface area contributed by atoms with Gasteiger partial charge in [-0.25, -0.2) is 0 Å². The predicted octanol–water partition coefficient (Wildman–Crippen LogP) is -1.30. The van der Waals surface area contributed by atoms with Crippen molar-refractivity contribution in [3.8, 4) is 0 Å². The van der Waals surface area contributed by atoms with Gasteiger partial charge in [0.05, 0.1) is 0 Å². The number of carbonyl (C=O) groups is 1. The van der Waals surface area contributed by atoms with Gasteiger partial charge in [-0.1, -0.05) is 34.9 Å². The van der Waals surface area contributed by atoms with Gasteiger partial charge in [-0.3, -0.25) is 0 Å². The van der Waals surface area contributed by atoms with Crippen molar-refractivity contribution in [2.45, 2.75) is 32.6 Å². The second-order valence-electron chi connectivity index (χ2n) is 2.47. The van der Waals surface area contributed by atoms with Crippen molar-refractivity contribution in [3.63, 3.8) is 0 Å². The van der Waals surface area contributed by atoms with Crippen molar-refractivity contribution in [2.24, 2.45) is 0 Å². The molecule has 0 N–H and O–H groups in total. The molecule has 0 aliphatic carbocycles. The summed E-state index contributed by atoms with van der Waals surface area (Å²) in [5.74, 6) is 1.82. The fourth-order valence-corrected chi connectivity index (χ4v) is 2.97. The van der Waals surface area contributed by atoms with E-state index in [0.29, 0.717) is 0 Å². The Hall–Kier alpha value is 1.17. The van der Waals surface area contributed by atoms with E-state index in [0.717, 1.165) is 12.8 Å². The van der Waals surface area contributed by atoms with Crippen LogP contribution in [0.25, 0.3) is 0 Å². The van der Waals surface area contributed by atoms with Crippen LogP contribution >= 0.6 is 21.6 Å². The van der Waals surface area contributed by atoms with E-state index in [1.807, 2.05) is 28.5 Å². The molecule has 1 heterocycles. The van der Waals surface area contributed by atoms with Crippen molar-refractivity contribution < 1.29 is 39.5 Å². The third-order valence-corrected chi connectivity index (χ3v) is 3.85. The number of rotatable bonds is 3. The number of carboxylic acids is 1. The largest absolute Gasteiger partial charge is 1.00 e. The Balaban J connectivity index is 0. The first-order chi connectivity index (χ1) is 5.77. The van der Waals surface area contributed by atoms with E-state index in [1.165, 1.54) is 17.9 Å². The molecule has 0 aromatic carbocycles. The van der Waals surface area contributed by atoms with Crippen LogP contribution in [0.15, 0.2) is 0 Å². The summed E-state index contributed by atoms with van der Waals surface area (Å²) < 4.78 is 0. The molecule has 0 spiro atoms. The van der Waals surface area contributed by atoms with Crippen LogP contribution in [0, 0.1) is 0 Å². The summed E-state index contributed by atoms with van der Waals surface area (Å²) in [6.45, 7) is 1.95. The summed E-state index contributed by atoms with van der Waals surface area (Å²) in [7, 11) is 3.98. The summed E-state index contributed by atoms with van der Waals surface area (Å²) in [6, 6.07) is 0. The van der Waals surface area contributed by atoms with Crippen LogP contribution in [0.4, 0.5) is 0 Å². The van der Waals surface area contributed by atoms with Crippen LogP contribution in [0.1, 0.15) is 32.6 Å². The average molecular weight is 230 g/mol. The van der Waals surface area contributed by atoms with Crippen LogP contribution in [-0.4, -0.2) is 17.5 Å². The number of carbonyl (C=O) groups excluding carboxylic acids is 1. The molecular weight excluding hydrogens is 215 g/mol. The summed E-state index contributed by atoms with van der Waals surface area (Å²) in [5, 5.41) is 9.65. The van der Waals surface area contributed by atoms with Crippen LogP contribution < -0.4 is 34.7 Å². The van der Waals surface area contributed by atoms with Crippen LogP contribution in [-0.2, 0) is 4.79 Å². The zero-order valence-electron chi connectivity index (χ0n) is 8.38. The predicted molar refractivity (Wildman–Crippen MR) is 54.1 cm³/mol. The van der Waals surface area contributed by atoms with Crippen LogP contribution in [0.3, 0.4) is 0 Å². The molecule has 2 nitrogen and oxygen atoms in total. The Kier molecular flexibility index (Phi) is 16.8. The van der Waals surface area contributed by atoms with Crippen molar-refractivity contribution in [2.75, 3.05) is 11.5 Å². The van der Waals surface area contributed by atoms with Gasteiger partial charge < -0.3 is 9.90 Å². The topological polar surface area (TPSA) is 40.1 Å². The number of aliphatic carboxylic acids is 1. The minimum atomic E-state index is -0.943. The molecule has 13 heavy (non-hydrogen) atoms. The quantitative estimate of drug-likeness (QED) is 0.446. The van der Waals surface area contributed by atoms with E-state index in [9.17, 15) is 9.90 Å². The molecule has 0 bridgehead atoms. The Bertz CT molecular complexity index is 111. The molecule has 0 aromatic rings. The summed E-state index contributed by atoms with van der Waals surface area (Å²) >= 11 is 0. The van der Waals surface area contributed by atoms with E-state index in [1.54, 1.807) is 0 Å². The molecule has 5 heteroatoms. The number of carboxylic acid groups (broad SMARTS) is 1. The van der Waals surface area contributed by atoms with Gasteiger partial charge in [0, 0.05) is 17.5 Å². The summed E-state index contributed by atoms with van der Waals surface area (Å²) in [4.78, 5) is 9.65. The van der Waals surface area contributed by atoms with Gasteiger partial charge in [0.2, 0.25) is 0 Å². The monoisotopic (exact) mass is 230 g/mol. The second kappa shape index (κ2) is 13.2. The first-order valence-electron chi connectivity index (χ1n) is 4.21. The van der Waals surface area contributed by atoms with Gasteiger partial charge in [-0.2, -0.15) is 0 Å². The molecule has 0 amide bonds. The maximum Gasteiger partial charge on any atom is 1.00 e. The molecule has 1 fully saturated rings. The van der Waals surface area contributed by atoms with E-state index in [-0.39, 0.29) is 36.0 Å². The summed E-state index contributed by atoms with van der Waals surface area (Å²) in [5.41, 5.74) is 0. The maximum atomic E-state index is 9.65. The Labute approximate surface area is 110 Å². The molecule has 72 valence electrons. The molecule has 0 unspecified atom stereocenters. The van der Waals surface area contributed by atoms with Gasteiger partial charge in [0.1, 0.15) is 0 Å². The van der Waals surface area contributed by atoms with Crippen LogP contribution in [0.5, 0.6) is 0 Å². The zero-order chi connectivity index (χ0) is 9.23. The minimum absolute atomic E-state index is 0. The third-order valence-electron chi connectivity index (χ3n) is 1.27. The van der Waals surface area contributed by atoms with E-state index < -0.39 is 5.97 Å². The normalized spacial score (nSPS) is 13.9. The fourth-order valence-electron chi connectivity index (χ4n) is 0.616. The van der Waals surface area contributed by atoms with Crippen molar-refractivity contribution in [1.29, 1.82) is 0 Å². The Morgan fingerprint density at radius 3 is 2.08 bits per heavy atom. The van der Waals surface area contributed by atoms with E-state index >= 15 is 0 Å². The van der Waals surface area contributed by atoms with Crippen molar-refractivity contribution in [3.05, 3.63) is 0 Å². The smallest absolute Gasteiger partial charge is 0.550 e. The molecule has 1 aliphatic rings.